The molecule has 0 spiro atoms. The highest BCUT2D eigenvalue weighted by Gasteiger charge is 2.07. The standard InChI is InChI=1S/C11H15NO2/c1-3-14-11(13)10-6-4-5-9(7-10)8(2)12/h4-8H,3,12H2,1-2H3/t8-/m0/s1. The summed E-state index contributed by atoms with van der Waals surface area (Å²) in [6.07, 6.45) is 0. The van der Waals surface area contributed by atoms with Crippen LogP contribution < -0.4 is 5.73 Å². The van der Waals surface area contributed by atoms with Crippen LogP contribution in [0.3, 0.4) is 0 Å². The summed E-state index contributed by atoms with van der Waals surface area (Å²) in [6, 6.07) is 7.13. The van der Waals surface area contributed by atoms with Crippen LogP contribution in [0.4, 0.5) is 0 Å². The molecule has 3 heteroatoms. The Hall–Kier alpha value is -1.35. The third-order valence-corrected chi connectivity index (χ3v) is 1.92. The monoisotopic (exact) mass is 193 g/mol. The van der Waals surface area contributed by atoms with Crippen molar-refractivity contribution in [1.82, 2.24) is 0 Å². The fourth-order valence-electron chi connectivity index (χ4n) is 1.16. The van der Waals surface area contributed by atoms with E-state index in [1.54, 1.807) is 19.1 Å². The summed E-state index contributed by atoms with van der Waals surface area (Å²) in [4.78, 5) is 11.4. The first-order valence-electron chi connectivity index (χ1n) is 4.67. The van der Waals surface area contributed by atoms with E-state index in [9.17, 15) is 4.79 Å². The topological polar surface area (TPSA) is 52.3 Å². The number of esters is 1. The first-order valence-corrected chi connectivity index (χ1v) is 4.67. The average molecular weight is 193 g/mol. The maximum Gasteiger partial charge on any atom is 0.338 e. The summed E-state index contributed by atoms with van der Waals surface area (Å²) < 4.78 is 4.88. The van der Waals surface area contributed by atoms with Gasteiger partial charge in [0.1, 0.15) is 0 Å². The molecule has 0 amide bonds. The highest BCUT2D eigenvalue weighted by Crippen LogP contribution is 2.12. The fourth-order valence-corrected chi connectivity index (χ4v) is 1.16. The number of hydrogen-bond donors (Lipinski definition) is 1. The summed E-state index contributed by atoms with van der Waals surface area (Å²) in [5.41, 5.74) is 7.20. The van der Waals surface area contributed by atoms with Crippen molar-refractivity contribution in [3.8, 4) is 0 Å². The van der Waals surface area contributed by atoms with Crippen LogP contribution in [0.25, 0.3) is 0 Å². The molecule has 0 aliphatic carbocycles. The molecular weight excluding hydrogens is 178 g/mol. The third-order valence-electron chi connectivity index (χ3n) is 1.92. The van der Waals surface area contributed by atoms with Crippen molar-refractivity contribution in [2.45, 2.75) is 19.9 Å². The van der Waals surface area contributed by atoms with Gasteiger partial charge in [0, 0.05) is 6.04 Å². The van der Waals surface area contributed by atoms with Crippen molar-refractivity contribution in [2.75, 3.05) is 6.61 Å². The van der Waals surface area contributed by atoms with Crippen LogP contribution in [0.5, 0.6) is 0 Å². The minimum absolute atomic E-state index is 0.0654. The summed E-state index contributed by atoms with van der Waals surface area (Å²) in [5, 5.41) is 0. The molecule has 14 heavy (non-hydrogen) atoms. The molecule has 0 aliphatic heterocycles. The van der Waals surface area contributed by atoms with Crippen LogP contribution in [0.1, 0.15) is 35.8 Å². The Labute approximate surface area is 83.9 Å². The molecule has 2 N–H and O–H groups in total. The normalized spacial score (nSPS) is 12.2. The zero-order valence-electron chi connectivity index (χ0n) is 8.49. The Morgan fingerprint density at radius 2 is 2.29 bits per heavy atom. The molecule has 3 nitrogen and oxygen atoms in total. The summed E-state index contributed by atoms with van der Waals surface area (Å²) in [7, 11) is 0. The predicted molar refractivity (Wildman–Crippen MR) is 55.0 cm³/mol. The third kappa shape index (κ3) is 2.57. The second-order valence-electron chi connectivity index (χ2n) is 3.13. The van der Waals surface area contributed by atoms with E-state index in [1.807, 2.05) is 19.1 Å². The lowest BCUT2D eigenvalue weighted by atomic mass is 10.1. The van der Waals surface area contributed by atoms with Gasteiger partial charge in [-0.3, -0.25) is 0 Å². The molecule has 0 fully saturated rings. The van der Waals surface area contributed by atoms with Gasteiger partial charge >= 0.3 is 5.97 Å². The lowest BCUT2D eigenvalue weighted by Gasteiger charge is -2.07. The number of benzene rings is 1. The zero-order chi connectivity index (χ0) is 10.6. The van der Waals surface area contributed by atoms with E-state index >= 15 is 0 Å². The van der Waals surface area contributed by atoms with E-state index in [2.05, 4.69) is 0 Å². The van der Waals surface area contributed by atoms with Crippen molar-refractivity contribution in [3.63, 3.8) is 0 Å². The van der Waals surface area contributed by atoms with E-state index in [1.165, 1.54) is 0 Å². The Morgan fingerprint density at radius 1 is 1.57 bits per heavy atom. The minimum Gasteiger partial charge on any atom is -0.462 e. The smallest absolute Gasteiger partial charge is 0.338 e. The van der Waals surface area contributed by atoms with Crippen molar-refractivity contribution < 1.29 is 9.53 Å². The SMILES string of the molecule is CCOC(=O)c1cccc([C@H](C)N)c1. The molecule has 0 radical (unpaired) electrons. The van der Waals surface area contributed by atoms with Gasteiger partial charge in [0.15, 0.2) is 0 Å². The van der Waals surface area contributed by atoms with E-state index in [0.29, 0.717) is 12.2 Å². The zero-order valence-corrected chi connectivity index (χ0v) is 8.49. The number of carbonyl (C=O) groups is 1. The molecule has 1 atom stereocenters. The first-order chi connectivity index (χ1) is 6.65. The van der Waals surface area contributed by atoms with Gasteiger partial charge < -0.3 is 10.5 Å². The van der Waals surface area contributed by atoms with Gasteiger partial charge in [-0.15, -0.1) is 0 Å². The van der Waals surface area contributed by atoms with Crippen LogP contribution in [-0.4, -0.2) is 12.6 Å². The highest BCUT2D eigenvalue weighted by molar-refractivity contribution is 5.89. The van der Waals surface area contributed by atoms with Gasteiger partial charge in [-0.1, -0.05) is 12.1 Å². The van der Waals surface area contributed by atoms with Crippen molar-refractivity contribution >= 4 is 5.97 Å². The van der Waals surface area contributed by atoms with Crippen LogP contribution in [0.2, 0.25) is 0 Å². The predicted octanol–water partition coefficient (Wildman–Crippen LogP) is 1.88. The largest absolute Gasteiger partial charge is 0.462 e. The first kappa shape index (κ1) is 10.7. The average Bonchev–Trinajstić information content (AvgIpc) is 2.18. The summed E-state index contributed by atoms with van der Waals surface area (Å²) in [5.74, 6) is -0.296. The molecule has 0 unspecified atom stereocenters. The van der Waals surface area contributed by atoms with Gasteiger partial charge in [-0.2, -0.15) is 0 Å². The molecule has 1 aromatic rings. The van der Waals surface area contributed by atoms with E-state index in [0.717, 1.165) is 5.56 Å². The Kier molecular flexibility index (Phi) is 3.65. The molecule has 76 valence electrons. The van der Waals surface area contributed by atoms with Gasteiger partial charge in [0.05, 0.1) is 12.2 Å². The second kappa shape index (κ2) is 4.77. The maximum absolute atomic E-state index is 11.4. The molecular formula is C11H15NO2. The minimum atomic E-state index is -0.296. The number of ether oxygens (including phenoxy) is 1. The second-order valence-corrected chi connectivity index (χ2v) is 3.13. The van der Waals surface area contributed by atoms with Gasteiger partial charge in [0.25, 0.3) is 0 Å². The lowest BCUT2D eigenvalue weighted by molar-refractivity contribution is 0.0526. The molecule has 0 saturated carbocycles. The van der Waals surface area contributed by atoms with Gasteiger partial charge in [0.2, 0.25) is 0 Å². The Balaban J connectivity index is 2.88. The number of hydrogen-bond acceptors (Lipinski definition) is 3. The number of carbonyl (C=O) groups excluding carboxylic acids is 1. The summed E-state index contributed by atoms with van der Waals surface area (Å²) >= 11 is 0. The molecule has 0 aromatic heterocycles. The molecule has 0 aliphatic rings. The number of rotatable bonds is 3. The molecule has 0 saturated heterocycles. The van der Waals surface area contributed by atoms with E-state index in [4.69, 9.17) is 10.5 Å². The van der Waals surface area contributed by atoms with Crippen LogP contribution in [-0.2, 0) is 4.74 Å². The van der Waals surface area contributed by atoms with Gasteiger partial charge in [-0.25, -0.2) is 4.79 Å². The van der Waals surface area contributed by atoms with Crippen molar-refractivity contribution in [1.29, 1.82) is 0 Å². The summed E-state index contributed by atoms with van der Waals surface area (Å²) in [6.45, 7) is 4.05. The highest BCUT2D eigenvalue weighted by atomic mass is 16.5. The Bertz CT molecular complexity index is 321. The van der Waals surface area contributed by atoms with E-state index < -0.39 is 0 Å². The lowest BCUT2D eigenvalue weighted by Crippen LogP contribution is -2.08. The van der Waals surface area contributed by atoms with E-state index in [-0.39, 0.29) is 12.0 Å². The van der Waals surface area contributed by atoms with Crippen molar-refractivity contribution in [2.24, 2.45) is 5.73 Å². The molecule has 1 aromatic carbocycles. The van der Waals surface area contributed by atoms with Gasteiger partial charge in [-0.05, 0) is 31.5 Å². The number of nitrogens with two attached hydrogens (primary N) is 1. The molecule has 0 heterocycles. The van der Waals surface area contributed by atoms with Crippen molar-refractivity contribution in [3.05, 3.63) is 35.4 Å². The maximum atomic E-state index is 11.4. The van der Waals surface area contributed by atoms with Crippen LogP contribution in [0, 0.1) is 0 Å². The quantitative estimate of drug-likeness (QED) is 0.746. The van der Waals surface area contributed by atoms with Crippen LogP contribution >= 0.6 is 0 Å². The van der Waals surface area contributed by atoms with Crippen LogP contribution in [0.15, 0.2) is 24.3 Å². The fraction of sp³-hybridized carbons (Fsp3) is 0.364. The molecule has 1 rings (SSSR count). The molecule has 0 bridgehead atoms. The Morgan fingerprint density at radius 3 is 2.86 bits per heavy atom.